The van der Waals surface area contributed by atoms with Gasteiger partial charge in [-0.3, -0.25) is 0 Å². The van der Waals surface area contributed by atoms with Crippen LogP contribution in [-0.4, -0.2) is 19.0 Å². The minimum Gasteiger partial charge on any atom is -0.350 e. The molecule has 1 saturated carbocycles. The second kappa shape index (κ2) is 3.91. The van der Waals surface area contributed by atoms with Gasteiger partial charge in [-0.1, -0.05) is 13.5 Å². The van der Waals surface area contributed by atoms with E-state index in [9.17, 15) is 0 Å². The van der Waals surface area contributed by atoms with Crippen LogP contribution in [0.2, 0.25) is 0 Å². The summed E-state index contributed by atoms with van der Waals surface area (Å²) in [5.74, 6) is 1.59. The normalized spacial score (nSPS) is 40.7. The number of rotatable bonds is 0. The molecule has 1 aliphatic heterocycles. The highest BCUT2D eigenvalue weighted by Crippen LogP contribution is 2.42. The Morgan fingerprint density at radius 3 is 2.73 bits per heavy atom. The molecule has 2 aliphatic rings. The first-order chi connectivity index (χ1) is 6.99. The average molecular weight is 210 g/mol. The lowest BCUT2D eigenvalue weighted by atomic mass is 9.86. The van der Waals surface area contributed by atoms with Crippen molar-refractivity contribution in [2.75, 3.05) is 13.2 Å². The van der Waals surface area contributed by atoms with Crippen LogP contribution in [0.25, 0.3) is 0 Å². The number of hydrogen-bond donors (Lipinski definition) is 0. The van der Waals surface area contributed by atoms with Crippen molar-refractivity contribution < 1.29 is 9.47 Å². The molecule has 3 atom stereocenters. The minimum atomic E-state index is -0.448. The fourth-order valence-corrected chi connectivity index (χ4v) is 2.77. The highest BCUT2D eigenvalue weighted by Gasteiger charge is 2.38. The molecule has 2 heteroatoms. The summed E-state index contributed by atoms with van der Waals surface area (Å²) in [6.07, 6.45) is 2.57. The zero-order valence-corrected chi connectivity index (χ0v) is 10.1. The van der Waals surface area contributed by atoms with Gasteiger partial charge in [0.1, 0.15) is 0 Å². The Hall–Kier alpha value is -0.340. The fraction of sp³-hybridized carbons (Fsp3) is 0.846. The average Bonchev–Trinajstić information content (AvgIpc) is 2.52. The van der Waals surface area contributed by atoms with E-state index in [1.807, 2.05) is 13.8 Å². The Kier molecular flexibility index (Phi) is 2.91. The molecule has 0 spiro atoms. The van der Waals surface area contributed by atoms with Gasteiger partial charge in [0.15, 0.2) is 5.79 Å². The summed E-state index contributed by atoms with van der Waals surface area (Å²) in [5, 5.41) is 0. The maximum atomic E-state index is 5.84. The second-order valence-corrected chi connectivity index (χ2v) is 5.48. The molecule has 0 aromatic rings. The first-order valence-electron chi connectivity index (χ1n) is 5.95. The summed E-state index contributed by atoms with van der Waals surface area (Å²) in [7, 11) is 0. The topological polar surface area (TPSA) is 18.5 Å². The molecule has 0 N–H and O–H groups in total. The summed E-state index contributed by atoms with van der Waals surface area (Å²) in [6.45, 7) is 12.0. The Bertz CT molecular complexity index is 257. The van der Waals surface area contributed by atoms with Crippen LogP contribution in [0.5, 0.6) is 0 Å². The summed E-state index contributed by atoms with van der Waals surface area (Å²) in [4.78, 5) is 0. The smallest absolute Gasteiger partial charge is 0.163 e. The lowest BCUT2D eigenvalue weighted by Crippen LogP contribution is -2.37. The van der Waals surface area contributed by atoms with Crippen molar-refractivity contribution in [3.63, 3.8) is 0 Å². The highest BCUT2D eigenvalue weighted by molar-refractivity contribution is 5.08. The van der Waals surface area contributed by atoms with Gasteiger partial charge in [-0.25, -0.2) is 0 Å². The lowest BCUT2D eigenvalue weighted by Gasteiger charge is -2.35. The van der Waals surface area contributed by atoms with Gasteiger partial charge in [-0.05, 0) is 50.0 Å². The van der Waals surface area contributed by atoms with E-state index in [2.05, 4.69) is 13.5 Å². The van der Waals surface area contributed by atoms with E-state index in [-0.39, 0.29) is 0 Å². The molecule has 0 aromatic heterocycles. The maximum Gasteiger partial charge on any atom is 0.163 e. The van der Waals surface area contributed by atoms with E-state index in [0.717, 1.165) is 12.5 Å². The zero-order valence-electron chi connectivity index (χ0n) is 10.1. The van der Waals surface area contributed by atoms with Crippen molar-refractivity contribution >= 4 is 0 Å². The van der Waals surface area contributed by atoms with Crippen molar-refractivity contribution in [3.05, 3.63) is 12.2 Å². The molecule has 86 valence electrons. The summed E-state index contributed by atoms with van der Waals surface area (Å²) >= 11 is 0. The van der Waals surface area contributed by atoms with E-state index in [0.29, 0.717) is 18.4 Å². The van der Waals surface area contributed by atoms with Crippen molar-refractivity contribution in [1.82, 2.24) is 0 Å². The van der Waals surface area contributed by atoms with Crippen LogP contribution in [0.1, 0.15) is 33.6 Å². The Labute approximate surface area is 92.6 Å². The molecular weight excluding hydrogens is 188 g/mol. The molecule has 2 nitrogen and oxygen atoms in total. The predicted molar refractivity (Wildman–Crippen MR) is 60.5 cm³/mol. The molecule has 0 amide bonds. The molecule has 1 saturated heterocycles. The predicted octanol–water partition coefficient (Wildman–Crippen LogP) is 2.99. The molecule has 0 bridgehead atoms. The van der Waals surface area contributed by atoms with Gasteiger partial charge in [0, 0.05) is 0 Å². The second-order valence-electron chi connectivity index (χ2n) is 5.48. The Morgan fingerprint density at radius 1 is 1.27 bits per heavy atom. The minimum absolute atomic E-state index is 0.448. The third-order valence-electron chi connectivity index (χ3n) is 3.93. The molecular formula is C13H22O2. The van der Waals surface area contributed by atoms with Crippen LogP contribution < -0.4 is 0 Å². The highest BCUT2D eigenvalue weighted by atomic mass is 16.7. The van der Waals surface area contributed by atoms with E-state index < -0.39 is 5.79 Å². The summed E-state index contributed by atoms with van der Waals surface area (Å²) in [5.41, 5.74) is 1.26. The number of fused-ring (bicyclic) bond motifs is 1. The third-order valence-corrected chi connectivity index (χ3v) is 3.93. The van der Waals surface area contributed by atoms with Crippen LogP contribution >= 0.6 is 0 Å². The molecule has 2 rings (SSSR count). The number of ether oxygens (including phenoxy) is 2. The first kappa shape index (κ1) is 11.2. The van der Waals surface area contributed by atoms with Crippen molar-refractivity contribution in [3.8, 4) is 0 Å². The van der Waals surface area contributed by atoms with E-state index >= 15 is 0 Å². The van der Waals surface area contributed by atoms with Gasteiger partial charge in [-0.15, -0.1) is 0 Å². The van der Waals surface area contributed by atoms with Gasteiger partial charge < -0.3 is 9.47 Å². The maximum absolute atomic E-state index is 5.84. The van der Waals surface area contributed by atoms with Gasteiger partial charge in [0.05, 0.1) is 13.2 Å². The van der Waals surface area contributed by atoms with Gasteiger partial charge in [0.2, 0.25) is 0 Å². The Balaban J connectivity index is 2.12. The first-order valence-corrected chi connectivity index (χ1v) is 5.95. The monoisotopic (exact) mass is 210 g/mol. The lowest BCUT2D eigenvalue weighted by molar-refractivity contribution is -0.224. The molecule has 1 heterocycles. The van der Waals surface area contributed by atoms with Crippen LogP contribution in [-0.2, 0) is 9.47 Å². The molecule has 0 radical (unpaired) electrons. The molecule has 1 aliphatic carbocycles. The zero-order chi connectivity index (χ0) is 11.1. The summed E-state index contributed by atoms with van der Waals surface area (Å²) < 4.78 is 11.5. The van der Waals surface area contributed by atoms with Crippen LogP contribution in [0, 0.1) is 17.8 Å². The van der Waals surface area contributed by atoms with Crippen LogP contribution in [0.3, 0.4) is 0 Å². The molecule has 0 aromatic carbocycles. The molecule has 15 heavy (non-hydrogen) atoms. The van der Waals surface area contributed by atoms with E-state index in [4.69, 9.17) is 9.47 Å². The van der Waals surface area contributed by atoms with Gasteiger partial charge >= 0.3 is 0 Å². The van der Waals surface area contributed by atoms with Gasteiger partial charge in [-0.2, -0.15) is 0 Å². The largest absolute Gasteiger partial charge is 0.350 e. The van der Waals surface area contributed by atoms with Crippen molar-refractivity contribution in [1.29, 1.82) is 0 Å². The van der Waals surface area contributed by atoms with Crippen LogP contribution in [0.15, 0.2) is 12.2 Å². The van der Waals surface area contributed by atoms with Crippen molar-refractivity contribution in [2.24, 2.45) is 17.8 Å². The van der Waals surface area contributed by atoms with E-state index in [1.54, 1.807) is 0 Å². The number of hydrogen-bond acceptors (Lipinski definition) is 2. The van der Waals surface area contributed by atoms with Crippen LogP contribution in [0.4, 0.5) is 0 Å². The fourth-order valence-electron chi connectivity index (χ4n) is 2.77. The van der Waals surface area contributed by atoms with Gasteiger partial charge in [0.25, 0.3) is 0 Å². The quantitative estimate of drug-likeness (QED) is 0.572. The molecule has 0 unspecified atom stereocenters. The van der Waals surface area contributed by atoms with E-state index in [1.165, 1.54) is 18.4 Å². The summed E-state index contributed by atoms with van der Waals surface area (Å²) in [6, 6.07) is 0. The SMILES string of the molecule is C=C1COC(C)(C)OC[C@@H]2[C@H](C)CC[C@H]12. The third kappa shape index (κ3) is 2.26. The Morgan fingerprint density at radius 2 is 2.00 bits per heavy atom. The molecule has 2 fully saturated rings. The van der Waals surface area contributed by atoms with Crippen molar-refractivity contribution in [2.45, 2.75) is 39.4 Å². The standard InChI is InChI=1S/C13H22O2/c1-9-5-6-11-10(2)7-14-13(3,4)15-8-12(9)11/h9,11-12H,2,5-8H2,1,3-4H3/t9-,11-,12-/m1/s1.